The number of carbonyl (C=O) groups is 1. The Hall–Kier alpha value is -3.01. The fourth-order valence-corrected chi connectivity index (χ4v) is 2.84. The van der Waals surface area contributed by atoms with Gasteiger partial charge in [0.15, 0.2) is 0 Å². The molecule has 4 heteroatoms. The van der Waals surface area contributed by atoms with E-state index in [9.17, 15) is 4.79 Å². The molecule has 3 rings (SSSR count). The van der Waals surface area contributed by atoms with Gasteiger partial charge in [-0.1, -0.05) is 42.0 Å². The lowest BCUT2D eigenvalue weighted by molar-refractivity contribution is -0.121. The number of nitrogens with zero attached hydrogens (tertiary/aromatic N) is 2. The van der Waals surface area contributed by atoms with E-state index in [0.29, 0.717) is 12.8 Å². The lowest BCUT2D eigenvalue weighted by Crippen LogP contribution is -2.30. The minimum atomic E-state index is -0.139. The summed E-state index contributed by atoms with van der Waals surface area (Å²) in [5, 5.41) is 3.14. The first kappa shape index (κ1) is 17.8. The number of hydrogen-bond acceptors (Lipinski definition) is 3. The summed E-state index contributed by atoms with van der Waals surface area (Å²) in [4.78, 5) is 21.0. The zero-order valence-corrected chi connectivity index (χ0v) is 14.9. The molecular formula is C22H23N3O. The third-order valence-corrected chi connectivity index (χ3v) is 4.30. The Morgan fingerprint density at radius 3 is 2.54 bits per heavy atom. The minimum Gasteiger partial charge on any atom is -0.347 e. The van der Waals surface area contributed by atoms with Gasteiger partial charge in [0.2, 0.25) is 5.91 Å². The molecule has 26 heavy (non-hydrogen) atoms. The molecule has 0 radical (unpaired) electrons. The Kier molecular flexibility index (Phi) is 6.09. The molecule has 0 aliphatic heterocycles. The van der Waals surface area contributed by atoms with Gasteiger partial charge in [-0.3, -0.25) is 14.8 Å². The Morgan fingerprint density at radius 1 is 1.00 bits per heavy atom. The number of benzene rings is 1. The largest absolute Gasteiger partial charge is 0.347 e. The molecule has 1 aromatic carbocycles. The lowest BCUT2D eigenvalue weighted by Gasteiger charge is -2.19. The second-order valence-corrected chi connectivity index (χ2v) is 6.43. The van der Waals surface area contributed by atoms with E-state index < -0.39 is 0 Å². The number of rotatable bonds is 7. The molecular weight excluding hydrogens is 322 g/mol. The van der Waals surface area contributed by atoms with Crippen LogP contribution in [0.2, 0.25) is 0 Å². The molecule has 0 saturated carbocycles. The number of pyridine rings is 2. The van der Waals surface area contributed by atoms with Crippen molar-refractivity contribution in [3.05, 3.63) is 95.6 Å². The van der Waals surface area contributed by atoms with Gasteiger partial charge < -0.3 is 5.32 Å². The zero-order chi connectivity index (χ0) is 18.2. The van der Waals surface area contributed by atoms with Gasteiger partial charge in [0.25, 0.3) is 0 Å². The molecule has 1 amide bonds. The van der Waals surface area contributed by atoms with Crippen molar-refractivity contribution in [3.8, 4) is 0 Å². The summed E-state index contributed by atoms with van der Waals surface area (Å²) in [5.74, 6) is 0.0246. The van der Waals surface area contributed by atoms with Crippen LogP contribution in [0.15, 0.2) is 73.2 Å². The van der Waals surface area contributed by atoms with Gasteiger partial charge in [-0.2, -0.15) is 0 Å². The summed E-state index contributed by atoms with van der Waals surface area (Å²) in [6.07, 6.45) is 7.13. The minimum absolute atomic E-state index is 0.0246. The number of aryl methyl sites for hydroxylation is 2. The van der Waals surface area contributed by atoms with Crippen LogP contribution in [0.25, 0.3) is 0 Å². The van der Waals surface area contributed by atoms with Crippen LogP contribution < -0.4 is 5.32 Å². The highest BCUT2D eigenvalue weighted by Crippen LogP contribution is 2.17. The Balaban J connectivity index is 1.67. The second kappa shape index (κ2) is 8.90. The lowest BCUT2D eigenvalue weighted by atomic mass is 10.0. The first-order valence-corrected chi connectivity index (χ1v) is 8.85. The van der Waals surface area contributed by atoms with Crippen LogP contribution in [0.1, 0.15) is 34.8 Å². The Morgan fingerprint density at radius 2 is 1.85 bits per heavy atom. The van der Waals surface area contributed by atoms with E-state index in [-0.39, 0.29) is 11.9 Å². The molecule has 4 nitrogen and oxygen atoms in total. The third kappa shape index (κ3) is 5.24. The van der Waals surface area contributed by atoms with Crippen molar-refractivity contribution in [2.45, 2.75) is 32.2 Å². The first-order chi connectivity index (χ1) is 12.7. The average Bonchev–Trinajstić information content (AvgIpc) is 2.69. The SMILES string of the molecule is Cc1ccc(CC(NC(=O)CCc2cccnc2)c2ccccn2)cc1. The van der Waals surface area contributed by atoms with Crippen molar-refractivity contribution in [3.63, 3.8) is 0 Å². The van der Waals surface area contributed by atoms with Crippen LogP contribution in [-0.4, -0.2) is 15.9 Å². The predicted octanol–water partition coefficient (Wildman–Crippen LogP) is 3.82. The van der Waals surface area contributed by atoms with E-state index in [1.54, 1.807) is 18.6 Å². The van der Waals surface area contributed by atoms with Crippen LogP contribution in [-0.2, 0) is 17.6 Å². The van der Waals surface area contributed by atoms with Crippen molar-refractivity contribution in [2.75, 3.05) is 0 Å². The van der Waals surface area contributed by atoms with Crippen LogP contribution in [0.5, 0.6) is 0 Å². The van der Waals surface area contributed by atoms with E-state index in [0.717, 1.165) is 17.7 Å². The molecule has 0 aliphatic rings. The van der Waals surface area contributed by atoms with Gasteiger partial charge in [-0.15, -0.1) is 0 Å². The maximum absolute atomic E-state index is 12.5. The standard InChI is InChI=1S/C22H23N3O/c1-17-7-9-18(10-8-17)15-21(20-6-2-3-14-24-20)25-22(26)12-11-19-5-4-13-23-16-19/h2-10,13-14,16,21H,11-12,15H2,1H3,(H,25,26). The van der Waals surface area contributed by atoms with Crippen LogP contribution in [0, 0.1) is 6.92 Å². The molecule has 132 valence electrons. The fourth-order valence-electron chi connectivity index (χ4n) is 2.84. The molecule has 0 fully saturated rings. The zero-order valence-electron chi connectivity index (χ0n) is 14.9. The van der Waals surface area contributed by atoms with E-state index in [2.05, 4.69) is 46.5 Å². The molecule has 0 aliphatic carbocycles. The predicted molar refractivity (Wildman–Crippen MR) is 103 cm³/mol. The molecule has 2 aromatic heterocycles. The Bertz CT molecular complexity index is 817. The maximum Gasteiger partial charge on any atom is 0.220 e. The van der Waals surface area contributed by atoms with E-state index in [1.807, 2.05) is 30.3 Å². The summed E-state index contributed by atoms with van der Waals surface area (Å²) in [6.45, 7) is 2.07. The maximum atomic E-state index is 12.5. The molecule has 2 heterocycles. The summed E-state index contributed by atoms with van der Waals surface area (Å²) in [6, 6.07) is 17.9. The van der Waals surface area contributed by atoms with Crippen molar-refractivity contribution < 1.29 is 4.79 Å². The molecule has 3 aromatic rings. The highest BCUT2D eigenvalue weighted by molar-refractivity contribution is 5.76. The van der Waals surface area contributed by atoms with Crippen molar-refractivity contribution in [1.29, 1.82) is 0 Å². The molecule has 0 bridgehead atoms. The summed E-state index contributed by atoms with van der Waals surface area (Å²) in [7, 11) is 0. The number of hydrogen-bond donors (Lipinski definition) is 1. The van der Waals surface area contributed by atoms with Crippen LogP contribution >= 0.6 is 0 Å². The van der Waals surface area contributed by atoms with Crippen LogP contribution in [0.3, 0.4) is 0 Å². The van der Waals surface area contributed by atoms with E-state index in [1.165, 1.54) is 11.1 Å². The molecule has 0 saturated heterocycles. The number of amides is 1. The quantitative estimate of drug-likeness (QED) is 0.708. The number of nitrogens with one attached hydrogen (secondary N) is 1. The molecule has 1 N–H and O–H groups in total. The monoisotopic (exact) mass is 345 g/mol. The molecule has 1 atom stereocenters. The molecule has 0 spiro atoms. The van der Waals surface area contributed by atoms with Crippen molar-refractivity contribution in [1.82, 2.24) is 15.3 Å². The van der Waals surface area contributed by atoms with Crippen LogP contribution in [0.4, 0.5) is 0 Å². The average molecular weight is 345 g/mol. The van der Waals surface area contributed by atoms with E-state index >= 15 is 0 Å². The van der Waals surface area contributed by atoms with Gasteiger partial charge >= 0.3 is 0 Å². The molecule has 1 unspecified atom stereocenters. The normalized spacial score (nSPS) is 11.7. The van der Waals surface area contributed by atoms with E-state index in [4.69, 9.17) is 0 Å². The fraction of sp³-hybridized carbons (Fsp3) is 0.227. The highest BCUT2D eigenvalue weighted by atomic mass is 16.1. The van der Waals surface area contributed by atoms with Crippen molar-refractivity contribution >= 4 is 5.91 Å². The van der Waals surface area contributed by atoms with Crippen molar-refractivity contribution in [2.24, 2.45) is 0 Å². The highest BCUT2D eigenvalue weighted by Gasteiger charge is 2.16. The van der Waals surface area contributed by atoms with Gasteiger partial charge in [0.05, 0.1) is 11.7 Å². The first-order valence-electron chi connectivity index (χ1n) is 8.85. The van der Waals surface area contributed by atoms with Gasteiger partial charge in [0.1, 0.15) is 0 Å². The Labute approximate surface area is 154 Å². The summed E-state index contributed by atoms with van der Waals surface area (Å²) < 4.78 is 0. The van der Waals surface area contributed by atoms with Gasteiger partial charge in [-0.05, 0) is 49.1 Å². The number of carbonyl (C=O) groups excluding carboxylic acids is 1. The summed E-state index contributed by atoms with van der Waals surface area (Å²) >= 11 is 0. The smallest absolute Gasteiger partial charge is 0.220 e. The third-order valence-electron chi connectivity index (χ3n) is 4.30. The topological polar surface area (TPSA) is 54.9 Å². The second-order valence-electron chi connectivity index (χ2n) is 6.43. The van der Waals surface area contributed by atoms with Gasteiger partial charge in [-0.25, -0.2) is 0 Å². The number of aromatic nitrogens is 2. The van der Waals surface area contributed by atoms with Gasteiger partial charge in [0, 0.05) is 25.0 Å². The summed E-state index contributed by atoms with van der Waals surface area (Å²) in [5.41, 5.74) is 4.35.